The van der Waals surface area contributed by atoms with Gasteiger partial charge in [-0.15, -0.1) is 0 Å². The van der Waals surface area contributed by atoms with Crippen molar-refractivity contribution >= 4 is 28.1 Å². The molecule has 0 atom stereocenters. The fraction of sp³-hybridized carbons (Fsp3) is 0.207. The molecule has 0 fully saturated rings. The van der Waals surface area contributed by atoms with E-state index in [1.165, 1.54) is 0 Å². The summed E-state index contributed by atoms with van der Waals surface area (Å²) in [5.74, 6) is -0.201. The number of aromatic nitrogens is 1. The van der Waals surface area contributed by atoms with Gasteiger partial charge in [-0.1, -0.05) is 78.9 Å². The van der Waals surface area contributed by atoms with Crippen LogP contribution in [0.25, 0.3) is 10.8 Å². The van der Waals surface area contributed by atoms with E-state index in [1.807, 2.05) is 75.5 Å². The number of carbonyl (C=O) groups excluding carboxylic acids is 1. The second kappa shape index (κ2) is 9.78. The van der Waals surface area contributed by atoms with Gasteiger partial charge in [0.15, 0.2) is 0 Å². The molecule has 3 aromatic carbocycles. The zero-order valence-electron chi connectivity index (χ0n) is 19.3. The summed E-state index contributed by atoms with van der Waals surface area (Å²) in [6, 6.07) is 26.4. The van der Waals surface area contributed by atoms with E-state index in [0.717, 1.165) is 38.9 Å². The van der Waals surface area contributed by atoms with Crippen molar-refractivity contribution in [3.63, 3.8) is 0 Å². The Bertz CT molecular complexity index is 1230. The summed E-state index contributed by atoms with van der Waals surface area (Å²) in [7, 11) is 0. The van der Waals surface area contributed by atoms with Crippen molar-refractivity contribution in [2.75, 3.05) is 0 Å². The standard InChI is InChI=1S/C29H28N2O2/c1-29(2,3)33-26(32)18-17-21-15-10-16-24-19-30-20-25(27(21)24)31-28(22-11-6-4-7-12-22)23-13-8-5-9-14-23/h4-16,19-20H,17-18H2,1-3H3. The summed E-state index contributed by atoms with van der Waals surface area (Å²) in [6.07, 6.45) is 4.53. The Morgan fingerprint density at radius 2 is 1.48 bits per heavy atom. The number of pyridine rings is 1. The summed E-state index contributed by atoms with van der Waals surface area (Å²) in [6.45, 7) is 5.65. The number of hydrogen-bond acceptors (Lipinski definition) is 4. The van der Waals surface area contributed by atoms with Crippen molar-refractivity contribution in [3.8, 4) is 0 Å². The predicted octanol–water partition coefficient (Wildman–Crippen LogP) is 6.68. The van der Waals surface area contributed by atoms with Gasteiger partial charge in [0.25, 0.3) is 0 Å². The third-order valence-corrected chi connectivity index (χ3v) is 5.19. The summed E-state index contributed by atoms with van der Waals surface area (Å²) >= 11 is 0. The largest absolute Gasteiger partial charge is 0.460 e. The number of hydrogen-bond donors (Lipinski definition) is 0. The lowest BCUT2D eigenvalue weighted by Crippen LogP contribution is -2.24. The number of aryl methyl sites for hydroxylation is 1. The predicted molar refractivity (Wildman–Crippen MR) is 134 cm³/mol. The molecule has 1 heterocycles. The Balaban J connectivity index is 1.78. The maximum Gasteiger partial charge on any atom is 0.306 e. The third-order valence-electron chi connectivity index (χ3n) is 5.19. The van der Waals surface area contributed by atoms with Crippen LogP contribution in [-0.4, -0.2) is 22.3 Å². The van der Waals surface area contributed by atoms with Gasteiger partial charge in [-0.05, 0) is 32.8 Å². The first-order valence-corrected chi connectivity index (χ1v) is 11.2. The highest BCUT2D eigenvalue weighted by Gasteiger charge is 2.17. The van der Waals surface area contributed by atoms with Crippen LogP contribution >= 0.6 is 0 Å². The molecular formula is C29H28N2O2. The monoisotopic (exact) mass is 436 g/mol. The lowest BCUT2D eigenvalue weighted by atomic mass is 9.99. The van der Waals surface area contributed by atoms with E-state index in [4.69, 9.17) is 9.73 Å². The molecule has 0 amide bonds. The Morgan fingerprint density at radius 1 is 0.848 bits per heavy atom. The molecular weight excluding hydrogens is 408 g/mol. The van der Waals surface area contributed by atoms with Gasteiger partial charge in [0, 0.05) is 34.5 Å². The highest BCUT2D eigenvalue weighted by atomic mass is 16.6. The van der Waals surface area contributed by atoms with E-state index in [9.17, 15) is 4.79 Å². The minimum atomic E-state index is -0.491. The molecule has 0 radical (unpaired) electrons. The van der Waals surface area contributed by atoms with Gasteiger partial charge in [-0.2, -0.15) is 0 Å². The zero-order valence-corrected chi connectivity index (χ0v) is 19.3. The maximum atomic E-state index is 12.3. The highest BCUT2D eigenvalue weighted by Crippen LogP contribution is 2.31. The van der Waals surface area contributed by atoms with E-state index in [1.54, 1.807) is 6.20 Å². The number of fused-ring (bicyclic) bond motifs is 1. The van der Waals surface area contributed by atoms with E-state index >= 15 is 0 Å². The normalized spacial score (nSPS) is 11.2. The van der Waals surface area contributed by atoms with Crippen LogP contribution in [0.3, 0.4) is 0 Å². The molecule has 0 saturated carbocycles. The SMILES string of the molecule is CC(C)(C)OC(=O)CCc1cccc2cncc(N=C(c3ccccc3)c3ccccc3)c12. The molecule has 0 saturated heterocycles. The molecule has 4 heteroatoms. The van der Waals surface area contributed by atoms with Gasteiger partial charge in [0.2, 0.25) is 0 Å². The molecule has 0 aliphatic heterocycles. The smallest absolute Gasteiger partial charge is 0.306 e. The van der Waals surface area contributed by atoms with E-state index in [-0.39, 0.29) is 5.97 Å². The molecule has 0 N–H and O–H groups in total. The van der Waals surface area contributed by atoms with Crippen molar-refractivity contribution in [2.45, 2.75) is 39.2 Å². The van der Waals surface area contributed by atoms with Crippen LogP contribution in [0.5, 0.6) is 0 Å². The first-order valence-electron chi connectivity index (χ1n) is 11.2. The molecule has 4 rings (SSSR count). The molecule has 0 bridgehead atoms. The fourth-order valence-corrected chi connectivity index (χ4v) is 3.82. The Morgan fingerprint density at radius 3 is 2.09 bits per heavy atom. The molecule has 33 heavy (non-hydrogen) atoms. The fourth-order valence-electron chi connectivity index (χ4n) is 3.82. The topological polar surface area (TPSA) is 51.5 Å². The van der Waals surface area contributed by atoms with Crippen molar-refractivity contribution in [1.29, 1.82) is 0 Å². The Labute approximate surface area is 195 Å². The maximum absolute atomic E-state index is 12.3. The van der Waals surface area contributed by atoms with Gasteiger partial charge in [0.1, 0.15) is 5.60 Å². The molecule has 4 aromatic rings. The van der Waals surface area contributed by atoms with Crippen LogP contribution in [0.4, 0.5) is 5.69 Å². The summed E-state index contributed by atoms with van der Waals surface area (Å²) in [5, 5.41) is 2.01. The molecule has 0 aliphatic rings. The molecule has 1 aromatic heterocycles. The quantitative estimate of drug-likeness (QED) is 0.250. The van der Waals surface area contributed by atoms with E-state index < -0.39 is 5.60 Å². The average Bonchev–Trinajstić information content (AvgIpc) is 2.81. The highest BCUT2D eigenvalue weighted by molar-refractivity contribution is 6.15. The second-order valence-corrected chi connectivity index (χ2v) is 8.95. The van der Waals surface area contributed by atoms with Gasteiger partial charge in [-0.25, -0.2) is 4.99 Å². The van der Waals surface area contributed by atoms with Gasteiger partial charge in [0.05, 0.1) is 17.6 Å². The summed E-state index contributed by atoms with van der Waals surface area (Å²) < 4.78 is 5.50. The first kappa shape index (κ1) is 22.4. The molecule has 166 valence electrons. The van der Waals surface area contributed by atoms with Crippen LogP contribution in [0.15, 0.2) is 96.2 Å². The van der Waals surface area contributed by atoms with Crippen molar-refractivity contribution in [1.82, 2.24) is 4.98 Å². The number of carbonyl (C=O) groups is 1. The lowest BCUT2D eigenvalue weighted by molar-refractivity contribution is -0.154. The Hall–Kier alpha value is -3.79. The number of esters is 1. The number of nitrogens with zero attached hydrogens (tertiary/aromatic N) is 2. The number of aliphatic imine (C=N–C) groups is 1. The van der Waals surface area contributed by atoms with Crippen LogP contribution in [0.2, 0.25) is 0 Å². The van der Waals surface area contributed by atoms with Crippen LogP contribution in [0.1, 0.15) is 43.9 Å². The van der Waals surface area contributed by atoms with Crippen molar-refractivity contribution < 1.29 is 9.53 Å². The summed E-state index contributed by atoms with van der Waals surface area (Å²) in [4.78, 5) is 21.9. The molecule has 0 aliphatic carbocycles. The summed E-state index contributed by atoms with van der Waals surface area (Å²) in [5.41, 5.74) is 4.30. The molecule has 0 unspecified atom stereocenters. The van der Waals surface area contributed by atoms with E-state index in [0.29, 0.717) is 12.8 Å². The minimum absolute atomic E-state index is 0.201. The number of rotatable bonds is 6. The lowest BCUT2D eigenvalue weighted by Gasteiger charge is -2.19. The van der Waals surface area contributed by atoms with Crippen molar-refractivity contribution in [2.24, 2.45) is 4.99 Å². The average molecular weight is 437 g/mol. The van der Waals surface area contributed by atoms with Gasteiger partial charge < -0.3 is 4.74 Å². The van der Waals surface area contributed by atoms with Crippen molar-refractivity contribution in [3.05, 3.63) is 108 Å². The van der Waals surface area contributed by atoms with Crippen LogP contribution in [-0.2, 0) is 16.0 Å². The van der Waals surface area contributed by atoms with Crippen LogP contribution in [0, 0.1) is 0 Å². The Kier molecular flexibility index (Phi) is 6.64. The zero-order chi connectivity index (χ0) is 23.3. The first-order chi connectivity index (χ1) is 15.9. The van der Waals surface area contributed by atoms with Crippen LogP contribution < -0.4 is 0 Å². The minimum Gasteiger partial charge on any atom is -0.460 e. The number of ether oxygens (including phenoxy) is 1. The molecule has 4 nitrogen and oxygen atoms in total. The van der Waals surface area contributed by atoms with E-state index in [2.05, 4.69) is 35.3 Å². The van der Waals surface area contributed by atoms with Gasteiger partial charge >= 0.3 is 5.97 Å². The molecule has 0 spiro atoms. The van der Waals surface area contributed by atoms with Gasteiger partial charge in [-0.3, -0.25) is 9.78 Å². The number of benzene rings is 3. The second-order valence-electron chi connectivity index (χ2n) is 8.95. The third kappa shape index (κ3) is 5.72.